The van der Waals surface area contributed by atoms with Crippen LogP contribution < -0.4 is 0 Å². The van der Waals surface area contributed by atoms with Crippen molar-refractivity contribution in [2.75, 3.05) is 0 Å². The van der Waals surface area contributed by atoms with Gasteiger partial charge in [0.05, 0.1) is 5.01 Å². The number of nitrogens with zero attached hydrogens (tertiary/aromatic N) is 1. The molecule has 0 N–H and O–H groups in total. The molecule has 11 heavy (non-hydrogen) atoms. The van der Waals surface area contributed by atoms with Crippen molar-refractivity contribution in [3.05, 3.63) is 16.1 Å². The molecule has 0 spiro atoms. The number of aromatic nitrogens is 1. The standard InChI is InChI=1S/C7H11NS.C2H6.2H2/c1-5(2)7-4-8-6(3)9-7;1-2;;/h4-5H,1-3H3;1-2H3;2*1H/i;;2*1+1. The van der Waals surface area contributed by atoms with Crippen LogP contribution in [0.5, 0.6) is 0 Å². The maximum atomic E-state index is 4.16. The molecular formula is C9H21NS. The van der Waals surface area contributed by atoms with Crippen molar-refractivity contribution in [1.29, 1.82) is 0 Å². The Kier molecular flexibility index (Phi) is 5.12. The average Bonchev–Trinajstić information content (AvgIpc) is 2.40. The smallest absolute Gasteiger partial charge is 0.0896 e. The number of hydrogen-bond donors (Lipinski definition) is 0. The molecule has 0 radical (unpaired) electrons. The fraction of sp³-hybridized carbons (Fsp3) is 0.667. The van der Waals surface area contributed by atoms with Gasteiger partial charge in [-0.1, -0.05) is 27.7 Å². The SMILES string of the molecule is CC.Cc1ncc(C(C)C)s1.[2HH].[2HH]. The highest BCUT2D eigenvalue weighted by molar-refractivity contribution is 7.11. The van der Waals surface area contributed by atoms with E-state index in [-0.39, 0.29) is 2.85 Å². The lowest BCUT2D eigenvalue weighted by molar-refractivity contribution is 0.885. The monoisotopic (exact) mass is 177 g/mol. The van der Waals surface area contributed by atoms with Crippen LogP contribution in [-0.4, -0.2) is 4.98 Å². The second kappa shape index (κ2) is 5.30. The summed E-state index contributed by atoms with van der Waals surface area (Å²) in [6.07, 6.45) is 1.96. The van der Waals surface area contributed by atoms with E-state index in [2.05, 4.69) is 18.8 Å². The minimum Gasteiger partial charge on any atom is -0.250 e. The lowest BCUT2D eigenvalue weighted by atomic mass is 10.2. The van der Waals surface area contributed by atoms with Gasteiger partial charge in [0, 0.05) is 13.9 Å². The highest BCUT2D eigenvalue weighted by atomic mass is 32.1. The first-order valence-electron chi connectivity index (χ1n) is 4.12. The van der Waals surface area contributed by atoms with Crippen LogP contribution in [0.25, 0.3) is 0 Å². The van der Waals surface area contributed by atoms with Crippen LogP contribution in [0.4, 0.5) is 0 Å². The predicted octanol–water partition coefficient (Wildman–Crippen LogP) is 4.09. The second-order valence-electron chi connectivity index (χ2n) is 2.44. The Morgan fingerprint density at radius 1 is 1.45 bits per heavy atom. The first-order valence-corrected chi connectivity index (χ1v) is 4.94. The van der Waals surface area contributed by atoms with Gasteiger partial charge in [0.2, 0.25) is 0 Å². The number of thiazole rings is 1. The topological polar surface area (TPSA) is 12.9 Å². The first-order chi connectivity index (χ1) is 5.20. The van der Waals surface area contributed by atoms with Crippen molar-refractivity contribution < 1.29 is 2.85 Å². The molecule has 1 nitrogen and oxygen atoms in total. The summed E-state index contributed by atoms with van der Waals surface area (Å²) < 4.78 is 0. The molecule has 0 aliphatic rings. The Hall–Kier alpha value is -0.370. The molecule has 0 saturated carbocycles. The average molecular weight is 177 g/mol. The molecule has 1 heterocycles. The summed E-state index contributed by atoms with van der Waals surface area (Å²) in [5, 5.41) is 1.17. The van der Waals surface area contributed by atoms with Crippen LogP contribution in [0, 0.1) is 6.92 Å². The van der Waals surface area contributed by atoms with E-state index < -0.39 is 0 Å². The molecule has 1 rings (SSSR count). The Morgan fingerprint density at radius 3 is 2.18 bits per heavy atom. The summed E-state index contributed by atoms with van der Waals surface area (Å²) in [6.45, 7) is 10.4. The van der Waals surface area contributed by atoms with Gasteiger partial charge >= 0.3 is 0 Å². The van der Waals surface area contributed by atoms with Crippen molar-refractivity contribution in [2.45, 2.75) is 40.5 Å². The van der Waals surface area contributed by atoms with E-state index in [0.717, 1.165) is 0 Å². The quantitative estimate of drug-likeness (QED) is 0.629. The summed E-state index contributed by atoms with van der Waals surface area (Å²) in [6, 6.07) is 0. The van der Waals surface area contributed by atoms with Crippen LogP contribution in [0.1, 0.15) is 46.4 Å². The zero-order chi connectivity index (χ0) is 8.85. The molecule has 0 aromatic carbocycles. The third-order valence-electron chi connectivity index (χ3n) is 1.21. The molecule has 0 fully saturated rings. The Labute approximate surface area is 76.5 Å². The fourth-order valence-corrected chi connectivity index (χ4v) is 1.43. The van der Waals surface area contributed by atoms with Crippen molar-refractivity contribution >= 4 is 11.3 Å². The zero-order valence-corrected chi connectivity index (χ0v) is 8.83. The molecule has 0 saturated heterocycles. The van der Waals surface area contributed by atoms with Gasteiger partial charge in [0.25, 0.3) is 0 Å². The van der Waals surface area contributed by atoms with Gasteiger partial charge in [0.15, 0.2) is 0 Å². The van der Waals surface area contributed by atoms with Crippen LogP contribution in [0.3, 0.4) is 0 Å². The summed E-state index contributed by atoms with van der Waals surface area (Å²) in [5.41, 5.74) is 0. The third kappa shape index (κ3) is 3.51. The van der Waals surface area contributed by atoms with E-state index in [9.17, 15) is 0 Å². The van der Waals surface area contributed by atoms with Crippen molar-refractivity contribution in [3.8, 4) is 0 Å². The van der Waals surface area contributed by atoms with Gasteiger partial charge in [-0.25, -0.2) is 4.98 Å². The number of hydrogen-bond acceptors (Lipinski definition) is 2. The van der Waals surface area contributed by atoms with Gasteiger partial charge in [-0.15, -0.1) is 11.3 Å². The molecule has 0 aliphatic carbocycles. The van der Waals surface area contributed by atoms with Gasteiger partial charge in [-0.05, 0) is 12.8 Å². The summed E-state index contributed by atoms with van der Waals surface area (Å²) in [5.74, 6) is 0.635. The van der Waals surface area contributed by atoms with Crippen LogP contribution in [0.15, 0.2) is 6.20 Å². The molecule has 1 aromatic rings. The number of rotatable bonds is 1. The van der Waals surface area contributed by atoms with E-state index in [1.54, 1.807) is 11.3 Å². The summed E-state index contributed by atoms with van der Waals surface area (Å²) >= 11 is 1.78. The Morgan fingerprint density at radius 2 is 2.00 bits per heavy atom. The zero-order valence-electron chi connectivity index (χ0n) is 8.01. The highest BCUT2D eigenvalue weighted by Gasteiger charge is 2.00. The summed E-state index contributed by atoms with van der Waals surface area (Å²) in [7, 11) is 0. The maximum absolute atomic E-state index is 4.16. The first kappa shape index (κ1) is 10.6. The van der Waals surface area contributed by atoms with Crippen molar-refractivity contribution in [3.63, 3.8) is 0 Å². The lowest BCUT2D eigenvalue weighted by Gasteiger charge is -1.94. The lowest BCUT2D eigenvalue weighted by Crippen LogP contribution is -1.77. The van der Waals surface area contributed by atoms with Crippen LogP contribution in [0.2, 0.25) is 0 Å². The molecule has 0 atom stereocenters. The van der Waals surface area contributed by atoms with Crippen molar-refractivity contribution in [2.24, 2.45) is 0 Å². The van der Waals surface area contributed by atoms with Crippen molar-refractivity contribution in [1.82, 2.24) is 4.98 Å². The van der Waals surface area contributed by atoms with Gasteiger partial charge in [-0.2, -0.15) is 0 Å². The molecule has 2 heteroatoms. The molecular weight excluding hydrogens is 154 g/mol. The molecule has 0 unspecified atom stereocenters. The molecule has 68 valence electrons. The van der Waals surface area contributed by atoms with E-state index in [1.807, 2.05) is 27.0 Å². The van der Waals surface area contributed by atoms with Crippen LogP contribution >= 0.6 is 11.3 Å². The fourth-order valence-electron chi connectivity index (χ4n) is 0.645. The van der Waals surface area contributed by atoms with Gasteiger partial charge in [-0.3, -0.25) is 0 Å². The van der Waals surface area contributed by atoms with E-state index in [0.29, 0.717) is 5.92 Å². The number of aryl methyl sites for hydroxylation is 1. The normalized spacial score (nSPS) is 9.27. The van der Waals surface area contributed by atoms with Gasteiger partial charge < -0.3 is 0 Å². The Balaban J connectivity index is -0.000000234. The molecule has 0 bridgehead atoms. The van der Waals surface area contributed by atoms with E-state index in [4.69, 9.17) is 0 Å². The largest absolute Gasteiger partial charge is 0.250 e. The molecule has 1 aromatic heterocycles. The minimum absolute atomic E-state index is 0. The predicted molar refractivity (Wildman–Crippen MR) is 56.5 cm³/mol. The van der Waals surface area contributed by atoms with E-state index >= 15 is 0 Å². The minimum atomic E-state index is 0. The van der Waals surface area contributed by atoms with E-state index in [1.165, 1.54) is 9.88 Å². The molecule has 0 amide bonds. The highest BCUT2D eigenvalue weighted by Crippen LogP contribution is 2.20. The Bertz CT molecular complexity index is 199. The van der Waals surface area contributed by atoms with Crippen LogP contribution in [-0.2, 0) is 0 Å². The maximum Gasteiger partial charge on any atom is 0.0896 e. The summed E-state index contributed by atoms with van der Waals surface area (Å²) in [4.78, 5) is 5.54. The third-order valence-corrected chi connectivity index (χ3v) is 2.42. The van der Waals surface area contributed by atoms with Gasteiger partial charge in [0.1, 0.15) is 0 Å². The molecule has 0 aliphatic heterocycles. The second-order valence-corrected chi connectivity index (χ2v) is 3.70.